The van der Waals surface area contributed by atoms with Crippen LogP contribution in [-0.4, -0.2) is 82.9 Å². The minimum atomic E-state index is -0.318. The summed E-state index contributed by atoms with van der Waals surface area (Å²) in [5, 5.41) is 10.8. The lowest BCUT2D eigenvalue weighted by Gasteiger charge is -2.35. The molecule has 1 aromatic rings. The highest BCUT2D eigenvalue weighted by Crippen LogP contribution is 2.47. The van der Waals surface area contributed by atoms with Crippen molar-refractivity contribution < 1.29 is 19.5 Å². The molecule has 0 unspecified atom stereocenters. The van der Waals surface area contributed by atoms with Crippen LogP contribution in [0, 0.1) is 17.3 Å². The monoisotopic (exact) mass is 563 g/mol. The number of benzene rings is 1. The summed E-state index contributed by atoms with van der Waals surface area (Å²) in [6, 6.07) is 5.40. The molecule has 0 bridgehead atoms. The van der Waals surface area contributed by atoms with Gasteiger partial charge in [-0.05, 0) is 69.1 Å². The average molecular weight is 565 g/mol. The summed E-state index contributed by atoms with van der Waals surface area (Å²) in [5.41, 5.74) is 0.788. The Bertz CT molecular complexity index is 1080. The van der Waals surface area contributed by atoms with Crippen molar-refractivity contribution in [3.8, 4) is 0 Å². The number of piperidine rings is 1. The fourth-order valence-electron chi connectivity index (χ4n) is 6.57. The highest BCUT2D eigenvalue weighted by atomic mass is 35.5. The molecule has 2 saturated heterocycles. The van der Waals surface area contributed by atoms with E-state index >= 15 is 0 Å². The molecule has 3 amide bonds. The highest BCUT2D eigenvalue weighted by molar-refractivity contribution is 6.42. The summed E-state index contributed by atoms with van der Waals surface area (Å²) in [6.45, 7) is 4.28. The number of aliphatic hydroxyl groups excluding tert-OH is 1. The minimum Gasteiger partial charge on any atom is -0.393 e. The smallest absolute Gasteiger partial charge is 0.228 e. The standard InChI is InChI=1S/C29H39Cl2N3O4/c1-29(11-12-29)28(38)33-13-9-19(10-14-33)27(37)34-16-22(20-5-8-23(30)24(31)15-20)25(17-34)32(2)26(36)18-3-6-21(35)7-4-18/h5,8,15,18-19,21-22,25,35H,3-4,6-7,9-14,16-17H2,1-2H3/t18-,21+,22-,25+/m1/s1. The van der Waals surface area contributed by atoms with Crippen LogP contribution in [0.1, 0.15) is 69.8 Å². The Morgan fingerprint density at radius 3 is 2.18 bits per heavy atom. The van der Waals surface area contributed by atoms with Crippen LogP contribution in [0.15, 0.2) is 18.2 Å². The second-order valence-electron chi connectivity index (χ2n) is 12.2. The first kappa shape index (κ1) is 27.7. The molecule has 1 N–H and O–H groups in total. The zero-order valence-corrected chi connectivity index (χ0v) is 23.9. The lowest BCUT2D eigenvalue weighted by Crippen LogP contribution is -2.47. The van der Waals surface area contributed by atoms with Crippen LogP contribution in [0.2, 0.25) is 10.0 Å². The number of carbonyl (C=O) groups is 3. The van der Waals surface area contributed by atoms with E-state index in [1.165, 1.54) is 0 Å². The molecule has 208 valence electrons. The van der Waals surface area contributed by atoms with Crippen LogP contribution in [0.25, 0.3) is 0 Å². The van der Waals surface area contributed by atoms with Crippen molar-refractivity contribution in [3.05, 3.63) is 33.8 Å². The number of amides is 3. The van der Waals surface area contributed by atoms with E-state index in [9.17, 15) is 19.5 Å². The number of hydrogen-bond donors (Lipinski definition) is 1. The van der Waals surface area contributed by atoms with Crippen molar-refractivity contribution in [3.63, 3.8) is 0 Å². The zero-order chi connectivity index (χ0) is 27.2. The third-order valence-electron chi connectivity index (χ3n) is 9.51. The van der Waals surface area contributed by atoms with Gasteiger partial charge in [-0.15, -0.1) is 0 Å². The molecule has 38 heavy (non-hydrogen) atoms. The predicted molar refractivity (Wildman–Crippen MR) is 147 cm³/mol. The van der Waals surface area contributed by atoms with Crippen molar-refractivity contribution in [2.75, 3.05) is 33.2 Å². The second-order valence-corrected chi connectivity index (χ2v) is 13.0. The average Bonchev–Trinajstić information content (AvgIpc) is 3.52. The van der Waals surface area contributed by atoms with Gasteiger partial charge in [-0.1, -0.05) is 36.2 Å². The van der Waals surface area contributed by atoms with E-state index in [0.717, 1.165) is 18.4 Å². The molecule has 2 heterocycles. The van der Waals surface area contributed by atoms with E-state index < -0.39 is 0 Å². The summed E-state index contributed by atoms with van der Waals surface area (Å²) in [4.78, 5) is 45.7. The van der Waals surface area contributed by atoms with Crippen LogP contribution in [0.5, 0.6) is 0 Å². The molecule has 9 heteroatoms. The Morgan fingerprint density at radius 1 is 0.921 bits per heavy atom. The van der Waals surface area contributed by atoms with Crippen LogP contribution < -0.4 is 0 Å². The van der Waals surface area contributed by atoms with Gasteiger partial charge in [-0.2, -0.15) is 0 Å². The van der Waals surface area contributed by atoms with Crippen molar-refractivity contribution >= 4 is 40.9 Å². The number of nitrogens with zero attached hydrogens (tertiary/aromatic N) is 3. The summed E-state index contributed by atoms with van der Waals surface area (Å²) in [5.74, 6) is 0.150. The molecular formula is C29H39Cl2N3O4. The fourth-order valence-corrected chi connectivity index (χ4v) is 6.88. The van der Waals surface area contributed by atoms with E-state index in [-0.39, 0.29) is 53.0 Å². The van der Waals surface area contributed by atoms with Crippen LogP contribution in [0.3, 0.4) is 0 Å². The van der Waals surface area contributed by atoms with E-state index in [1.54, 1.807) is 6.07 Å². The molecule has 2 saturated carbocycles. The molecule has 4 aliphatic rings. The van der Waals surface area contributed by atoms with Crippen molar-refractivity contribution in [2.24, 2.45) is 17.3 Å². The molecular weight excluding hydrogens is 525 g/mol. The largest absolute Gasteiger partial charge is 0.393 e. The Balaban J connectivity index is 1.29. The number of halogens is 2. The lowest BCUT2D eigenvalue weighted by atomic mass is 9.85. The number of likely N-dealkylation sites (N-methyl/N-ethyl adjacent to an activating group) is 1. The number of hydrogen-bond acceptors (Lipinski definition) is 4. The van der Waals surface area contributed by atoms with Crippen molar-refractivity contribution in [1.29, 1.82) is 0 Å². The molecule has 7 nitrogen and oxygen atoms in total. The molecule has 0 spiro atoms. The van der Waals surface area contributed by atoms with Gasteiger partial charge in [0.1, 0.15) is 0 Å². The topological polar surface area (TPSA) is 81.2 Å². The number of likely N-dealkylation sites (tertiary alicyclic amines) is 2. The van der Waals surface area contributed by atoms with E-state index in [1.807, 2.05) is 40.8 Å². The van der Waals surface area contributed by atoms with E-state index in [2.05, 4.69) is 0 Å². The molecule has 1 aromatic carbocycles. The van der Waals surface area contributed by atoms with Gasteiger partial charge in [0.25, 0.3) is 0 Å². The quantitative estimate of drug-likeness (QED) is 0.577. The molecule has 2 aliphatic carbocycles. The van der Waals surface area contributed by atoms with Gasteiger partial charge in [-0.3, -0.25) is 14.4 Å². The Morgan fingerprint density at radius 2 is 1.58 bits per heavy atom. The molecule has 5 rings (SSSR count). The maximum atomic E-state index is 13.7. The van der Waals surface area contributed by atoms with E-state index in [4.69, 9.17) is 23.2 Å². The maximum Gasteiger partial charge on any atom is 0.228 e. The third kappa shape index (κ3) is 5.57. The summed E-state index contributed by atoms with van der Waals surface area (Å²) >= 11 is 12.6. The minimum absolute atomic E-state index is 0.0756. The SMILES string of the molecule is CN(C(=O)[C@H]1CC[C@@H](O)CC1)[C@H]1CN(C(=O)C2CCN(C(=O)C3(C)CC3)CC2)C[C@@H]1c1ccc(Cl)c(Cl)c1. The second kappa shape index (κ2) is 11.0. The van der Waals surface area contributed by atoms with Gasteiger partial charge < -0.3 is 19.8 Å². The molecule has 2 aliphatic heterocycles. The fraction of sp³-hybridized carbons (Fsp3) is 0.690. The normalized spacial score (nSPS) is 29.3. The van der Waals surface area contributed by atoms with E-state index in [0.29, 0.717) is 74.7 Å². The zero-order valence-electron chi connectivity index (χ0n) is 22.4. The predicted octanol–water partition coefficient (Wildman–Crippen LogP) is 4.34. The number of aliphatic hydroxyl groups is 1. The van der Waals surface area contributed by atoms with Gasteiger partial charge in [-0.25, -0.2) is 0 Å². The first-order valence-electron chi connectivity index (χ1n) is 14.1. The van der Waals surface area contributed by atoms with Gasteiger partial charge in [0.05, 0.1) is 22.2 Å². The van der Waals surface area contributed by atoms with Crippen LogP contribution in [0.4, 0.5) is 0 Å². The molecule has 0 aromatic heterocycles. The number of rotatable bonds is 5. The van der Waals surface area contributed by atoms with Crippen molar-refractivity contribution in [1.82, 2.24) is 14.7 Å². The Hall–Kier alpha value is -1.83. The van der Waals surface area contributed by atoms with Gasteiger partial charge in [0.15, 0.2) is 0 Å². The van der Waals surface area contributed by atoms with Crippen LogP contribution >= 0.6 is 23.2 Å². The third-order valence-corrected chi connectivity index (χ3v) is 10.3. The first-order valence-corrected chi connectivity index (χ1v) is 14.8. The van der Waals surface area contributed by atoms with Crippen LogP contribution in [-0.2, 0) is 14.4 Å². The van der Waals surface area contributed by atoms with Gasteiger partial charge in [0, 0.05) is 56.4 Å². The summed E-state index contributed by atoms with van der Waals surface area (Å²) in [7, 11) is 1.85. The van der Waals surface area contributed by atoms with Gasteiger partial charge in [0.2, 0.25) is 17.7 Å². The lowest BCUT2D eigenvalue weighted by molar-refractivity contribution is -0.143. The number of carbonyl (C=O) groups excluding carboxylic acids is 3. The highest BCUT2D eigenvalue weighted by Gasteiger charge is 2.48. The summed E-state index contributed by atoms with van der Waals surface area (Å²) < 4.78 is 0. The first-order chi connectivity index (χ1) is 18.1. The Labute approximate surface area is 235 Å². The van der Waals surface area contributed by atoms with Crippen molar-refractivity contribution in [2.45, 2.75) is 76.4 Å². The Kier molecular flexibility index (Phi) is 8.01. The molecule has 0 radical (unpaired) electrons. The maximum absolute atomic E-state index is 13.7. The molecule has 4 fully saturated rings. The summed E-state index contributed by atoms with van der Waals surface area (Å²) in [6.07, 6.45) is 5.64. The van der Waals surface area contributed by atoms with Gasteiger partial charge >= 0.3 is 0 Å². The molecule has 2 atom stereocenters.